The molecule has 0 heterocycles. The van der Waals surface area contributed by atoms with Crippen molar-refractivity contribution in [2.45, 2.75) is 25.4 Å². The number of nitrogens with two attached hydrogens (primary N) is 1. The topological polar surface area (TPSA) is 46.2 Å². The van der Waals surface area contributed by atoms with E-state index in [-0.39, 0.29) is 5.41 Å². The van der Waals surface area contributed by atoms with E-state index in [1.165, 1.54) is 0 Å². The van der Waals surface area contributed by atoms with Gasteiger partial charge >= 0.3 is 0 Å². The van der Waals surface area contributed by atoms with Crippen molar-refractivity contribution in [2.24, 2.45) is 5.73 Å². The summed E-state index contributed by atoms with van der Waals surface area (Å²) < 4.78 is 0. The summed E-state index contributed by atoms with van der Waals surface area (Å²) in [5.74, 6) is 0. The molecule has 0 radical (unpaired) electrons. The molecule has 0 fully saturated rings. The Labute approximate surface area is 79.4 Å². The van der Waals surface area contributed by atoms with E-state index in [1.54, 1.807) is 0 Å². The summed E-state index contributed by atoms with van der Waals surface area (Å²) in [7, 11) is 0. The number of aliphatic hydroxyl groups excluding tert-OH is 1. The van der Waals surface area contributed by atoms with E-state index in [2.05, 4.69) is 0 Å². The molecule has 0 aliphatic heterocycles. The van der Waals surface area contributed by atoms with Gasteiger partial charge in [0.2, 0.25) is 0 Å². The Morgan fingerprint density at radius 1 is 1.31 bits per heavy atom. The normalized spacial score (nSPS) is 14.2. The molecule has 0 aromatic heterocycles. The van der Waals surface area contributed by atoms with Gasteiger partial charge in [-0.15, -0.1) is 0 Å². The first kappa shape index (κ1) is 10.2. The summed E-state index contributed by atoms with van der Waals surface area (Å²) in [6, 6.07) is 9.94. The van der Waals surface area contributed by atoms with Crippen molar-refractivity contribution < 1.29 is 5.11 Å². The molecule has 1 rings (SSSR count). The number of benzene rings is 1. The maximum atomic E-state index is 9.71. The number of hydrogen-bond acceptors (Lipinski definition) is 2. The van der Waals surface area contributed by atoms with Gasteiger partial charge in [0.1, 0.15) is 0 Å². The largest absolute Gasteiger partial charge is 0.391 e. The van der Waals surface area contributed by atoms with Crippen LogP contribution in [0.3, 0.4) is 0 Å². The molecule has 72 valence electrons. The molecule has 1 aromatic rings. The highest BCUT2D eigenvalue weighted by molar-refractivity contribution is 5.25. The van der Waals surface area contributed by atoms with E-state index in [0.29, 0.717) is 6.54 Å². The predicted molar refractivity (Wildman–Crippen MR) is 54.5 cm³/mol. The Bertz CT molecular complexity index is 256. The van der Waals surface area contributed by atoms with Crippen molar-refractivity contribution in [2.75, 3.05) is 6.54 Å². The lowest BCUT2D eigenvalue weighted by Crippen LogP contribution is -2.39. The van der Waals surface area contributed by atoms with Crippen LogP contribution in [0.4, 0.5) is 0 Å². The summed E-state index contributed by atoms with van der Waals surface area (Å²) in [6.07, 6.45) is -0.491. The van der Waals surface area contributed by atoms with Crippen LogP contribution in [0.15, 0.2) is 30.3 Å². The van der Waals surface area contributed by atoms with Crippen LogP contribution in [0.25, 0.3) is 0 Å². The third kappa shape index (κ3) is 2.08. The van der Waals surface area contributed by atoms with Crippen molar-refractivity contribution >= 4 is 0 Å². The first-order valence-electron chi connectivity index (χ1n) is 4.52. The summed E-state index contributed by atoms with van der Waals surface area (Å²) in [6.45, 7) is 4.29. The molecule has 0 bridgehead atoms. The van der Waals surface area contributed by atoms with E-state index >= 15 is 0 Å². The van der Waals surface area contributed by atoms with Gasteiger partial charge in [0.15, 0.2) is 0 Å². The highest BCUT2D eigenvalue weighted by Crippen LogP contribution is 2.26. The number of aliphatic hydroxyl groups is 1. The minimum Gasteiger partial charge on any atom is -0.391 e. The van der Waals surface area contributed by atoms with Gasteiger partial charge in [0, 0.05) is 12.0 Å². The fourth-order valence-corrected chi connectivity index (χ4v) is 1.35. The van der Waals surface area contributed by atoms with Crippen LogP contribution in [-0.2, 0) is 5.41 Å². The summed E-state index contributed by atoms with van der Waals surface area (Å²) in [5, 5.41) is 9.71. The molecule has 1 atom stereocenters. The average molecular weight is 179 g/mol. The monoisotopic (exact) mass is 179 g/mol. The molecule has 2 heteroatoms. The zero-order valence-corrected chi connectivity index (χ0v) is 8.20. The smallest absolute Gasteiger partial charge is 0.0753 e. The van der Waals surface area contributed by atoms with E-state index in [9.17, 15) is 5.11 Å². The molecule has 3 N–H and O–H groups in total. The molecule has 0 amide bonds. The van der Waals surface area contributed by atoms with Gasteiger partial charge in [-0.3, -0.25) is 0 Å². The van der Waals surface area contributed by atoms with Crippen LogP contribution >= 0.6 is 0 Å². The maximum absolute atomic E-state index is 9.71. The zero-order valence-electron chi connectivity index (χ0n) is 8.20. The van der Waals surface area contributed by atoms with Crippen LogP contribution in [0, 0.1) is 0 Å². The van der Waals surface area contributed by atoms with E-state index in [0.717, 1.165) is 5.56 Å². The Hall–Kier alpha value is -0.860. The molecule has 0 unspecified atom stereocenters. The van der Waals surface area contributed by atoms with Crippen LogP contribution in [0.2, 0.25) is 0 Å². The molecule has 0 spiro atoms. The maximum Gasteiger partial charge on any atom is 0.0753 e. The molecule has 0 saturated heterocycles. The molecule has 2 nitrogen and oxygen atoms in total. The van der Waals surface area contributed by atoms with Gasteiger partial charge in [-0.1, -0.05) is 44.2 Å². The second kappa shape index (κ2) is 3.90. The molecule has 0 aliphatic carbocycles. The highest BCUT2D eigenvalue weighted by Gasteiger charge is 2.28. The molecule has 13 heavy (non-hydrogen) atoms. The van der Waals surface area contributed by atoms with Crippen molar-refractivity contribution in [3.8, 4) is 0 Å². The van der Waals surface area contributed by atoms with Gasteiger partial charge in [-0.25, -0.2) is 0 Å². The fourth-order valence-electron chi connectivity index (χ4n) is 1.35. The van der Waals surface area contributed by atoms with Gasteiger partial charge in [-0.05, 0) is 5.56 Å². The summed E-state index contributed by atoms with van der Waals surface area (Å²) in [4.78, 5) is 0. The third-order valence-electron chi connectivity index (χ3n) is 2.57. The van der Waals surface area contributed by atoms with Gasteiger partial charge in [0.05, 0.1) is 6.10 Å². The highest BCUT2D eigenvalue weighted by atomic mass is 16.3. The van der Waals surface area contributed by atoms with Crippen LogP contribution < -0.4 is 5.73 Å². The van der Waals surface area contributed by atoms with Crippen molar-refractivity contribution in [3.05, 3.63) is 35.9 Å². The Morgan fingerprint density at radius 2 is 1.85 bits per heavy atom. The van der Waals surface area contributed by atoms with E-state index < -0.39 is 6.10 Å². The second-order valence-electron chi connectivity index (χ2n) is 3.84. The lowest BCUT2D eigenvalue weighted by molar-refractivity contribution is 0.108. The van der Waals surface area contributed by atoms with Crippen LogP contribution in [0.5, 0.6) is 0 Å². The molecule has 1 aromatic carbocycles. The molecular weight excluding hydrogens is 162 g/mol. The lowest BCUT2D eigenvalue weighted by atomic mass is 9.79. The Kier molecular flexibility index (Phi) is 3.07. The van der Waals surface area contributed by atoms with Crippen molar-refractivity contribution in [1.82, 2.24) is 0 Å². The average Bonchev–Trinajstić information content (AvgIpc) is 2.18. The number of hydrogen-bond donors (Lipinski definition) is 2. The zero-order chi connectivity index (χ0) is 9.90. The van der Waals surface area contributed by atoms with Crippen molar-refractivity contribution in [1.29, 1.82) is 0 Å². The van der Waals surface area contributed by atoms with Crippen LogP contribution in [-0.4, -0.2) is 17.8 Å². The fraction of sp³-hybridized carbons (Fsp3) is 0.455. The van der Waals surface area contributed by atoms with Gasteiger partial charge in [0.25, 0.3) is 0 Å². The van der Waals surface area contributed by atoms with Gasteiger partial charge < -0.3 is 10.8 Å². The third-order valence-corrected chi connectivity index (χ3v) is 2.57. The van der Waals surface area contributed by atoms with E-state index in [4.69, 9.17) is 5.73 Å². The SMILES string of the molecule is CC(C)(c1ccccc1)[C@@H](O)CN. The minimum atomic E-state index is -0.491. The standard InChI is InChI=1S/C11H17NO/c1-11(2,10(13)8-12)9-6-4-3-5-7-9/h3-7,10,13H,8,12H2,1-2H3/t10-/m0/s1. The van der Waals surface area contributed by atoms with Crippen LogP contribution in [0.1, 0.15) is 19.4 Å². The first-order chi connectivity index (χ1) is 6.09. The summed E-state index contributed by atoms with van der Waals surface area (Å²) >= 11 is 0. The Morgan fingerprint density at radius 3 is 2.31 bits per heavy atom. The quantitative estimate of drug-likeness (QED) is 0.734. The minimum absolute atomic E-state index is 0.268. The van der Waals surface area contributed by atoms with Crippen molar-refractivity contribution in [3.63, 3.8) is 0 Å². The molecule has 0 aliphatic rings. The summed E-state index contributed by atoms with van der Waals surface area (Å²) in [5.41, 5.74) is 6.30. The van der Waals surface area contributed by atoms with Gasteiger partial charge in [-0.2, -0.15) is 0 Å². The Balaban J connectivity index is 2.93. The number of rotatable bonds is 3. The molecular formula is C11H17NO. The molecule has 0 saturated carbocycles. The second-order valence-corrected chi connectivity index (χ2v) is 3.84. The predicted octanol–water partition coefficient (Wildman–Crippen LogP) is 1.28. The van der Waals surface area contributed by atoms with E-state index in [1.807, 2.05) is 44.2 Å². The first-order valence-corrected chi connectivity index (χ1v) is 4.52. The lowest BCUT2D eigenvalue weighted by Gasteiger charge is -2.30.